The molecule has 0 saturated carbocycles. The highest BCUT2D eigenvalue weighted by atomic mass is 35.5. The van der Waals surface area contributed by atoms with Gasteiger partial charge in [-0.3, -0.25) is 9.69 Å². The number of anilines is 1. The van der Waals surface area contributed by atoms with Gasteiger partial charge < -0.3 is 11.5 Å². The van der Waals surface area contributed by atoms with E-state index >= 15 is 0 Å². The van der Waals surface area contributed by atoms with Crippen LogP contribution in [0.4, 0.5) is 5.13 Å². The number of hydrogen-bond acceptors (Lipinski definition) is 5. The number of carbonyl (C=O) groups excluding carboxylic acids is 1. The molecule has 1 aromatic heterocycles. The lowest BCUT2D eigenvalue weighted by molar-refractivity contribution is -0.123. The first-order valence-electron chi connectivity index (χ1n) is 6.44. The van der Waals surface area contributed by atoms with Gasteiger partial charge in [-0.05, 0) is 38.6 Å². The van der Waals surface area contributed by atoms with Crippen molar-refractivity contribution in [3.05, 3.63) is 10.6 Å². The molecule has 4 N–H and O–H groups in total. The molecule has 2 heterocycles. The maximum absolute atomic E-state index is 11.5. The minimum Gasteiger partial charge on any atom is -0.375 e. The fraction of sp³-hybridized carbons (Fsp3) is 0.667. The van der Waals surface area contributed by atoms with Crippen LogP contribution in [0.15, 0.2) is 0 Å². The third-order valence-corrected chi connectivity index (χ3v) is 4.97. The second-order valence-electron chi connectivity index (χ2n) is 5.12. The minimum atomic E-state index is -0.179. The topological polar surface area (TPSA) is 85.2 Å². The first-order valence-corrected chi connectivity index (χ1v) is 7.26. The van der Waals surface area contributed by atoms with E-state index in [0.717, 1.165) is 44.3 Å². The van der Waals surface area contributed by atoms with Gasteiger partial charge in [0.05, 0.1) is 11.7 Å². The zero-order chi connectivity index (χ0) is 12.7. The van der Waals surface area contributed by atoms with Gasteiger partial charge in [0.15, 0.2) is 5.13 Å². The van der Waals surface area contributed by atoms with Gasteiger partial charge in [-0.2, -0.15) is 0 Å². The van der Waals surface area contributed by atoms with Crippen molar-refractivity contribution < 1.29 is 4.79 Å². The summed E-state index contributed by atoms with van der Waals surface area (Å²) in [4.78, 5) is 19.4. The molecular weight excluding hydrogens is 319 g/mol. The molecule has 1 saturated heterocycles. The molecule has 20 heavy (non-hydrogen) atoms. The quantitative estimate of drug-likeness (QED) is 0.852. The Morgan fingerprint density at radius 2 is 2.10 bits per heavy atom. The van der Waals surface area contributed by atoms with Gasteiger partial charge in [-0.1, -0.05) is 0 Å². The third-order valence-electron chi connectivity index (χ3n) is 4.02. The van der Waals surface area contributed by atoms with E-state index in [1.807, 2.05) is 0 Å². The summed E-state index contributed by atoms with van der Waals surface area (Å²) < 4.78 is 0. The number of carbonyl (C=O) groups is 1. The van der Waals surface area contributed by atoms with E-state index in [1.54, 1.807) is 11.3 Å². The second-order valence-corrected chi connectivity index (χ2v) is 6.23. The first-order chi connectivity index (χ1) is 8.65. The van der Waals surface area contributed by atoms with Crippen molar-refractivity contribution in [1.29, 1.82) is 0 Å². The highest BCUT2D eigenvalue weighted by molar-refractivity contribution is 7.15. The van der Waals surface area contributed by atoms with E-state index in [0.29, 0.717) is 11.2 Å². The lowest BCUT2D eigenvalue weighted by atomic mass is 9.95. The number of rotatable bonds is 2. The molecule has 0 aromatic carbocycles. The summed E-state index contributed by atoms with van der Waals surface area (Å²) in [5.41, 5.74) is 12.4. The van der Waals surface area contributed by atoms with Crippen molar-refractivity contribution in [2.75, 3.05) is 12.3 Å². The van der Waals surface area contributed by atoms with Crippen LogP contribution in [0.25, 0.3) is 0 Å². The molecule has 8 heteroatoms. The lowest BCUT2D eigenvalue weighted by Crippen LogP contribution is -2.47. The SMILES string of the molecule is Cl.Cl.NC(=O)C1CCCN1C1CCc2nc(N)sc2C1. The predicted octanol–water partition coefficient (Wildman–Crippen LogP) is 1.38. The number of likely N-dealkylation sites (tertiary alicyclic amines) is 1. The number of nitrogen functional groups attached to an aromatic ring is 1. The van der Waals surface area contributed by atoms with Gasteiger partial charge in [-0.25, -0.2) is 4.98 Å². The molecule has 2 aliphatic rings. The summed E-state index contributed by atoms with van der Waals surface area (Å²) >= 11 is 1.59. The fourth-order valence-corrected chi connectivity index (χ4v) is 4.14. The summed E-state index contributed by atoms with van der Waals surface area (Å²) in [7, 11) is 0. The van der Waals surface area contributed by atoms with Crippen LogP contribution in [0.3, 0.4) is 0 Å². The fourth-order valence-electron chi connectivity index (χ4n) is 3.19. The molecule has 0 radical (unpaired) electrons. The van der Waals surface area contributed by atoms with Crippen molar-refractivity contribution in [1.82, 2.24) is 9.88 Å². The van der Waals surface area contributed by atoms with Crippen LogP contribution in [-0.2, 0) is 17.6 Å². The number of nitrogens with two attached hydrogens (primary N) is 2. The average Bonchev–Trinajstić information content (AvgIpc) is 2.91. The lowest BCUT2D eigenvalue weighted by Gasteiger charge is -2.33. The number of halogens is 2. The van der Waals surface area contributed by atoms with Crippen LogP contribution >= 0.6 is 36.2 Å². The van der Waals surface area contributed by atoms with E-state index in [-0.39, 0.29) is 36.8 Å². The highest BCUT2D eigenvalue weighted by Crippen LogP contribution is 2.33. The maximum atomic E-state index is 11.5. The number of hydrogen-bond donors (Lipinski definition) is 2. The van der Waals surface area contributed by atoms with E-state index in [9.17, 15) is 4.79 Å². The Morgan fingerprint density at radius 3 is 2.80 bits per heavy atom. The van der Waals surface area contributed by atoms with Crippen LogP contribution in [-0.4, -0.2) is 34.4 Å². The molecule has 3 rings (SSSR count). The number of fused-ring (bicyclic) bond motifs is 1. The van der Waals surface area contributed by atoms with Crippen LogP contribution in [0.5, 0.6) is 0 Å². The molecular formula is C12H20Cl2N4OS. The van der Waals surface area contributed by atoms with E-state index < -0.39 is 0 Å². The summed E-state index contributed by atoms with van der Waals surface area (Å²) in [6, 6.07) is 0.360. The third kappa shape index (κ3) is 3.19. The number of amides is 1. The highest BCUT2D eigenvalue weighted by Gasteiger charge is 2.36. The van der Waals surface area contributed by atoms with Crippen molar-refractivity contribution in [3.8, 4) is 0 Å². The Labute approximate surface area is 134 Å². The van der Waals surface area contributed by atoms with Crippen molar-refractivity contribution in [3.63, 3.8) is 0 Å². The normalized spacial score (nSPS) is 25.4. The van der Waals surface area contributed by atoms with Crippen molar-refractivity contribution in [2.24, 2.45) is 5.73 Å². The van der Waals surface area contributed by atoms with Gasteiger partial charge in [0, 0.05) is 10.9 Å². The summed E-state index contributed by atoms with van der Waals surface area (Å²) in [5.74, 6) is -0.179. The van der Waals surface area contributed by atoms with Gasteiger partial charge in [0.2, 0.25) is 5.91 Å². The van der Waals surface area contributed by atoms with E-state index in [4.69, 9.17) is 11.5 Å². The molecule has 0 spiro atoms. The second kappa shape index (κ2) is 6.93. The van der Waals surface area contributed by atoms with Gasteiger partial charge in [-0.15, -0.1) is 36.2 Å². The van der Waals surface area contributed by atoms with Crippen LogP contribution in [0, 0.1) is 0 Å². The Kier molecular flexibility index (Phi) is 6.06. The molecule has 1 aromatic rings. The van der Waals surface area contributed by atoms with Gasteiger partial charge in [0.1, 0.15) is 0 Å². The Hall–Kier alpha value is -0.560. The zero-order valence-corrected chi connectivity index (χ0v) is 13.5. The molecule has 1 aliphatic carbocycles. The van der Waals surface area contributed by atoms with Gasteiger partial charge >= 0.3 is 0 Å². The summed E-state index contributed by atoms with van der Waals surface area (Å²) in [6.07, 6.45) is 4.97. The van der Waals surface area contributed by atoms with E-state index in [2.05, 4.69) is 9.88 Å². The average molecular weight is 339 g/mol. The number of thiazole rings is 1. The largest absolute Gasteiger partial charge is 0.375 e. The predicted molar refractivity (Wildman–Crippen MR) is 85.8 cm³/mol. The van der Waals surface area contributed by atoms with Gasteiger partial charge in [0.25, 0.3) is 0 Å². The Balaban J connectivity index is 0.000001000. The molecule has 2 unspecified atom stereocenters. The smallest absolute Gasteiger partial charge is 0.234 e. The number of primary amides is 1. The van der Waals surface area contributed by atoms with Crippen LogP contribution in [0.2, 0.25) is 0 Å². The number of aromatic nitrogens is 1. The number of aryl methyl sites for hydroxylation is 1. The molecule has 114 valence electrons. The Bertz CT molecular complexity index is 482. The molecule has 1 aliphatic heterocycles. The maximum Gasteiger partial charge on any atom is 0.234 e. The van der Waals surface area contributed by atoms with Crippen LogP contribution < -0.4 is 11.5 Å². The molecule has 0 bridgehead atoms. The zero-order valence-electron chi connectivity index (χ0n) is 11.1. The van der Waals surface area contributed by atoms with Crippen molar-refractivity contribution >= 4 is 47.2 Å². The summed E-state index contributed by atoms with van der Waals surface area (Å²) in [6.45, 7) is 0.988. The Morgan fingerprint density at radius 1 is 1.35 bits per heavy atom. The summed E-state index contributed by atoms with van der Waals surface area (Å²) in [5, 5.41) is 0.661. The van der Waals surface area contributed by atoms with E-state index in [1.165, 1.54) is 4.88 Å². The van der Waals surface area contributed by atoms with Crippen molar-refractivity contribution in [2.45, 2.75) is 44.2 Å². The minimum absolute atomic E-state index is 0. The first kappa shape index (κ1) is 17.5. The standard InChI is InChI=1S/C12H18N4OS.2ClH/c13-11(17)9-2-1-5-16(9)7-3-4-8-10(6-7)18-12(14)15-8;;/h7,9H,1-6H2,(H2,13,17)(H2,14,15);2*1H. The monoisotopic (exact) mass is 338 g/mol. The number of nitrogens with zero attached hydrogens (tertiary/aromatic N) is 2. The molecule has 1 fully saturated rings. The molecule has 2 atom stereocenters. The van der Waals surface area contributed by atoms with Crippen LogP contribution in [0.1, 0.15) is 29.8 Å². The molecule has 1 amide bonds. The molecule has 5 nitrogen and oxygen atoms in total.